The molecule has 6 fully saturated rings. The molecule has 7 rings (SSSR count). The zero-order valence-corrected chi connectivity index (χ0v) is 33.9. The van der Waals surface area contributed by atoms with Crippen LogP contribution < -0.4 is 0 Å². The largest absolute Gasteiger partial charge is 0.462 e. The van der Waals surface area contributed by atoms with E-state index in [1.54, 1.807) is 0 Å². The summed E-state index contributed by atoms with van der Waals surface area (Å²) in [5, 5.41) is 52.3. The molecule has 7 aliphatic rings. The SMILES string of the molecule is CC(=O)O[C@@H]1C[C@@]2(C)C3=CC[C@H]4C(C)(C)[C@@H](O[C@@H]5OC[C@@H](O[C@@H]6OC[C@@H](O)[C@H](O)[C@H]6O)[C@H](O)[C@H]5O)CC[C@]4(C)[C@@H]3CC[C@@]23C(=O)O[C@@](C)(CCCC(C)C)[C@@H]13. The second-order valence-electron chi connectivity index (χ2n) is 19.8. The Labute approximate surface area is 325 Å². The van der Waals surface area contributed by atoms with E-state index in [0.29, 0.717) is 25.2 Å². The third-order valence-corrected chi connectivity index (χ3v) is 15.8. The van der Waals surface area contributed by atoms with Gasteiger partial charge < -0.3 is 54.0 Å². The summed E-state index contributed by atoms with van der Waals surface area (Å²) in [5.74, 6) is 0.283. The van der Waals surface area contributed by atoms with Crippen LogP contribution >= 0.6 is 0 Å². The third kappa shape index (κ3) is 6.45. The summed E-state index contributed by atoms with van der Waals surface area (Å²) in [6.45, 7) is 16.6. The molecule has 0 aromatic rings. The van der Waals surface area contributed by atoms with Gasteiger partial charge in [0.2, 0.25) is 0 Å². The highest BCUT2D eigenvalue weighted by Crippen LogP contribution is 2.76. The zero-order chi connectivity index (χ0) is 40.0. The molecule has 3 heterocycles. The van der Waals surface area contributed by atoms with Crippen LogP contribution in [0.25, 0.3) is 0 Å². The monoisotopic (exact) mass is 778 g/mol. The maximum Gasteiger partial charge on any atom is 0.314 e. The van der Waals surface area contributed by atoms with Crippen LogP contribution in [-0.4, -0.2) is 118 Å². The molecule has 0 aromatic heterocycles. The van der Waals surface area contributed by atoms with Crippen LogP contribution in [0.4, 0.5) is 0 Å². The molecule has 3 saturated heterocycles. The average molecular weight is 779 g/mol. The van der Waals surface area contributed by atoms with Gasteiger partial charge in [-0.2, -0.15) is 0 Å². The first-order valence-corrected chi connectivity index (χ1v) is 20.8. The summed E-state index contributed by atoms with van der Waals surface area (Å²) in [6, 6.07) is 0. The fourth-order valence-corrected chi connectivity index (χ4v) is 13.0. The average Bonchev–Trinajstić information content (AvgIpc) is 3.50. The van der Waals surface area contributed by atoms with Crippen molar-refractivity contribution in [3.8, 4) is 0 Å². The predicted octanol–water partition coefficient (Wildman–Crippen LogP) is 3.54. The number of aliphatic hydroxyl groups is 5. The second-order valence-corrected chi connectivity index (χ2v) is 19.8. The Hall–Kier alpha value is -1.68. The standard InChI is InChI=1S/C42H66O13/c1-21(2)10-9-15-41(8)34-26(52-22(3)43)18-40(7)24-11-12-28-38(4,5)29(14-16-39(28,6)23(24)13-17-42(34,40)37(49)55-41)54-36-33(48)31(46)27(20-51-36)53-35-32(47)30(45)25(44)19-50-35/h11,21,23,25-36,44-48H,9-10,12-20H2,1-8H3/t23-,25-,26-,27-,28+,29+,30+,31+,32-,33-,34-,35+,36+,39-,40+,41+,42-/m1/s1. The van der Waals surface area contributed by atoms with Crippen LogP contribution in [0, 0.1) is 45.3 Å². The van der Waals surface area contributed by atoms with Crippen LogP contribution in [0.3, 0.4) is 0 Å². The molecule has 17 atom stereocenters. The van der Waals surface area contributed by atoms with Crippen molar-refractivity contribution in [1.82, 2.24) is 0 Å². The van der Waals surface area contributed by atoms with E-state index >= 15 is 0 Å². The number of cyclic esters (lactones) is 1. The molecule has 0 bridgehead atoms. The molecule has 1 spiro atoms. The molecule has 13 nitrogen and oxygen atoms in total. The Morgan fingerprint density at radius 3 is 2.25 bits per heavy atom. The maximum atomic E-state index is 14.4. The number of aliphatic hydroxyl groups excluding tert-OH is 5. The molecule has 0 radical (unpaired) electrons. The van der Waals surface area contributed by atoms with Crippen LogP contribution in [0.1, 0.15) is 113 Å². The molecular weight excluding hydrogens is 712 g/mol. The fraction of sp³-hybridized carbons (Fsp3) is 0.905. The normalized spacial score (nSPS) is 50.3. The second kappa shape index (κ2) is 14.5. The molecule has 312 valence electrons. The number of hydrogen-bond donors (Lipinski definition) is 5. The van der Waals surface area contributed by atoms with E-state index in [0.717, 1.165) is 38.5 Å². The van der Waals surface area contributed by atoms with Gasteiger partial charge in [-0.15, -0.1) is 0 Å². The van der Waals surface area contributed by atoms with Gasteiger partial charge in [0.15, 0.2) is 12.6 Å². The van der Waals surface area contributed by atoms with Crippen molar-refractivity contribution in [3.63, 3.8) is 0 Å². The zero-order valence-electron chi connectivity index (χ0n) is 33.9. The van der Waals surface area contributed by atoms with Crippen LogP contribution in [0.15, 0.2) is 11.6 Å². The van der Waals surface area contributed by atoms with Crippen molar-refractivity contribution in [2.45, 2.75) is 180 Å². The topological polar surface area (TPSA) is 191 Å². The van der Waals surface area contributed by atoms with Crippen LogP contribution in [-0.2, 0) is 38.0 Å². The third-order valence-electron chi connectivity index (χ3n) is 15.8. The van der Waals surface area contributed by atoms with Gasteiger partial charge in [0, 0.05) is 12.3 Å². The number of allylic oxidation sites excluding steroid dienone is 2. The summed E-state index contributed by atoms with van der Waals surface area (Å²) in [4.78, 5) is 27.0. The Balaban J connectivity index is 1.09. The van der Waals surface area contributed by atoms with E-state index in [1.807, 2.05) is 0 Å². The summed E-state index contributed by atoms with van der Waals surface area (Å²) in [7, 11) is 0. The smallest absolute Gasteiger partial charge is 0.314 e. The van der Waals surface area contributed by atoms with E-state index in [-0.39, 0.29) is 59.8 Å². The molecule has 3 aliphatic heterocycles. The van der Waals surface area contributed by atoms with E-state index in [9.17, 15) is 35.1 Å². The van der Waals surface area contributed by atoms with E-state index in [4.69, 9.17) is 28.4 Å². The molecule has 13 heteroatoms. The van der Waals surface area contributed by atoms with Crippen LogP contribution in [0.2, 0.25) is 0 Å². The molecule has 3 saturated carbocycles. The van der Waals surface area contributed by atoms with Gasteiger partial charge in [0.1, 0.15) is 48.3 Å². The van der Waals surface area contributed by atoms with Crippen LogP contribution in [0.5, 0.6) is 0 Å². The minimum Gasteiger partial charge on any atom is -0.462 e. The lowest BCUT2D eigenvalue weighted by molar-refractivity contribution is -0.339. The molecular formula is C42H66O13. The number of carbonyl (C=O) groups excluding carboxylic acids is 2. The van der Waals surface area contributed by atoms with Crippen molar-refractivity contribution in [1.29, 1.82) is 0 Å². The number of ether oxygens (including phenoxy) is 6. The van der Waals surface area contributed by atoms with Gasteiger partial charge in [-0.05, 0) is 86.9 Å². The number of esters is 2. The minimum atomic E-state index is -1.54. The highest BCUT2D eigenvalue weighted by atomic mass is 16.7. The van der Waals surface area contributed by atoms with E-state index in [2.05, 4.69) is 54.5 Å². The molecule has 0 unspecified atom stereocenters. The molecule has 4 aliphatic carbocycles. The lowest BCUT2D eigenvalue weighted by Gasteiger charge is -2.63. The number of fused-ring (bicyclic) bond motifs is 4. The van der Waals surface area contributed by atoms with Crippen molar-refractivity contribution in [2.75, 3.05) is 13.2 Å². The molecule has 0 aromatic carbocycles. The minimum absolute atomic E-state index is 0.111. The molecule has 0 amide bonds. The number of hydrogen-bond acceptors (Lipinski definition) is 13. The first kappa shape index (κ1) is 41.5. The van der Waals surface area contributed by atoms with Crippen molar-refractivity contribution in [3.05, 3.63) is 11.6 Å². The summed E-state index contributed by atoms with van der Waals surface area (Å²) >= 11 is 0. The Morgan fingerprint density at radius 1 is 0.891 bits per heavy atom. The van der Waals surface area contributed by atoms with Gasteiger partial charge in [-0.1, -0.05) is 59.6 Å². The number of rotatable bonds is 9. The first-order valence-electron chi connectivity index (χ1n) is 20.8. The lowest BCUT2D eigenvalue weighted by atomic mass is 9.41. The lowest BCUT2D eigenvalue weighted by Crippen LogP contribution is -2.62. The van der Waals surface area contributed by atoms with Crippen molar-refractivity contribution in [2.24, 2.45) is 45.3 Å². The van der Waals surface area contributed by atoms with Gasteiger partial charge in [-0.3, -0.25) is 9.59 Å². The van der Waals surface area contributed by atoms with Gasteiger partial charge in [0.25, 0.3) is 0 Å². The maximum absolute atomic E-state index is 14.4. The fourth-order valence-electron chi connectivity index (χ4n) is 13.0. The predicted molar refractivity (Wildman–Crippen MR) is 197 cm³/mol. The van der Waals surface area contributed by atoms with Crippen molar-refractivity contribution < 1.29 is 63.5 Å². The Bertz CT molecular complexity index is 1500. The van der Waals surface area contributed by atoms with E-state index in [1.165, 1.54) is 12.5 Å². The highest BCUT2D eigenvalue weighted by Gasteiger charge is 2.79. The Morgan fingerprint density at radius 2 is 1.56 bits per heavy atom. The first-order chi connectivity index (χ1) is 25.7. The molecule has 5 N–H and O–H groups in total. The van der Waals surface area contributed by atoms with Gasteiger partial charge in [0.05, 0.1) is 30.7 Å². The molecule has 55 heavy (non-hydrogen) atoms. The highest BCUT2D eigenvalue weighted by molar-refractivity contribution is 5.84. The Kier molecular flexibility index (Phi) is 11.0. The summed E-state index contributed by atoms with van der Waals surface area (Å²) < 4.78 is 36.1. The number of carbonyl (C=O) groups is 2. The van der Waals surface area contributed by atoms with E-state index < -0.39 is 71.7 Å². The van der Waals surface area contributed by atoms with Gasteiger partial charge >= 0.3 is 11.9 Å². The van der Waals surface area contributed by atoms with Crippen molar-refractivity contribution >= 4 is 11.9 Å². The quantitative estimate of drug-likeness (QED) is 0.169. The summed E-state index contributed by atoms with van der Waals surface area (Å²) in [6.07, 6.45) is -1.81. The summed E-state index contributed by atoms with van der Waals surface area (Å²) in [5.41, 5.74) is -1.16. The van der Waals surface area contributed by atoms with Gasteiger partial charge in [-0.25, -0.2) is 0 Å².